The standard InChI is InChI=1S/C12H20N6O2/c1-2-18-5-6-20-9(8-18)7-14-12(19)10-3-4-11(15-13)17-16-10/h3-4,9H,2,5-8,13H2,1H3,(H,14,19)(H,15,17). The summed E-state index contributed by atoms with van der Waals surface area (Å²) < 4.78 is 5.61. The lowest BCUT2D eigenvalue weighted by atomic mass is 10.2. The smallest absolute Gasteiger partial charge is 0.271 e. The zero-order chi connectivity index (χ0) is 14.4. The van der Waals surface area contributed by atoms with Gasteiger partial charge in [0.2, 0.25) is 0 Å². The number of nitrogens with two attached hydrogens (primary N) is 1. The van der Waals surface area contributed by atoms with Crippen molar-refractivity contribution < 1.29 is 9.53 Å². The molecule has 110 valence electrons. The number of hydrogen-bond acceptors (Lipinski definition) is 7. The van der Waals surface area contributed by atoms with Crippen LogP contribution in [0.3, 0.4) is 0 Å². The van der Waals surface area contributed by atoms with Crippen LogP contribution >= 0.6 is 0 Å². The topological polar surface area (TPSA) is 105 Å². The highest BCUT2D eigenvalue weighted by Crippen LogP contribution is 2.04. The van der Waals surface area contributed by atoms with Gasteiger partial charge in [-0.25, -0.2) is 5.84 Å². The van der Waals surface area contributed by atoms with Gasteiger partial charge in [-0.2, -0.15) is 0 Å². The van der Waals surface area contributed by atoms with Crippen molar-refractivity contribution in [2.24, 2.45) is 5.84 Å². The molecule has 4 N–H and O–H groups in total. The highest BCUT2D eigenvalue weighted by Gasteiger charge is 2.20. The molecule has 1 atom stereocenters. The number of morpholine rings is 1. The maximum atomic E-state index is 11.9. The molecule has 1 aromatic rings. The van der Waals surface area contributed by atoms with Crippen LogP contribution in [0, 0.1) is 0 Å². The monoisotopic (exact) mass is 280 g/mol. The number of nitrogens with one attached hydrogen (secondary N) is 2. The van der Waals surface area contributed by atoms with E-state index in [4.69, 9.17) is 10.6 Å². The van der Waals surface area contributed by atoms with Crippen molar-refractivity contribution in [1.82, 2.24) is 20.4 Å². The van der Waals surface area contributed by atoms with Crippen LogP contribution in [0.25, 0.3) is 0 Å². The van der Waals surface area contributed by atoms with Crippen molar-refractivity contribution in [2.75, 3.05) is 38.2 Å². The molecule has 2 rings (SSSR count). The minimum Gasteiger partial charge on any atom is -0.374 e. The molecule has 0 bridgehead atoms. The Hall–Kier alpha value is -1.77. The maximum Gasteiger partial charge on any atom is 0.271 e. The summed E-state index contributed by atoms with van der Waals surface area (Å²) >= 11 is 0. The third kappa shape index (κ3) is 3.86. The minimum atomic E-state index is -0.265. The number of carbonyl (C=O) groups excluding carboxylic acids is 1. The van der Waals surface area contributed by atoms with Gasteiger partial charge in [0.25, 0.3) is 5.91 Å². The number of anilines is 1. The first-order valence-electron chi connectivity index (χ1n) is 6.65. The van der Waals surface area contributed by atoms with E-state index < -0.39 is 0 Å². The molecule has 1 unspecified atom stereocenters. The first kappa shape index (κ1) is 14.6. The van der Waals surface area contributed by atoms with E-state index in [9.17, 15) is 4.79 Å². The Balaban J connectivity index is 1.82. The maximum absolute atomic E-state index is 11.9. The van der Waals surface area contributed by atoms with Gasteiger partial charge in [0.05, 0.1) is 12.7 Å². The summed E-state index contributed by atoms with van der Waals surface area (Å²) in [5, 5.41) is 10.3. The largest absolute Gasteiger partial charge is 0.374 e. The van der Waals surface area contributed by atoms with Gasteiger partial charge in [0, 0.05) is 19.6 Å². The third-order valence-corrected chi connectivity index (χ3v) is 3.21. The van der Waals surface area contributed by atoms with Gasteiger partial charge in [0.15, 0.2) is 11.5 Å². The van der Waals surface area contributed by atoms with E-state index >= 15 is 0 Å². The van der Waals surface area contributed by atoms with E-state index in [0.717, 1.165) is 19.6 Å². The normalized spacial score (nSPS) is 19.6. The van der Waals surface area contributed by atoms with Crippen molar-refractivity contribution in [3.8, 4) is 0 Å². The lowest BCUT2D eigenvalue weighted by molar-refractivity contribution is -0.0246. The van der Waals surface area contributed by atoms with E-state index in [-0.39, 0.29) is 17.7 Å². The minimum absolute atomic E-state index is 0.0191. The predicted octanol–water partition coefficient (Wildman–Crippen LogP) is -0.787. The van der Waals surface area contributed by atoms with Gasteiger partial charge < -0.3 is 15.5 Å². The summed E-state index contributed by atoms with van der Waals surface area (Å²) in [5.74, 6) is 5.33. The molecule has 8 nitrogen and oxygen atoms in total. The number of hydrazine groups is 1. The molecule has 1 amide bonds. The van der Waals surface area contributed by atoms with Gasteiger partial charge in [0.1, 0.15) is 0 Å². The highest BCUT2D eigenvalue weighted by molar-refractivity contribution is 5.92. The second-order valence-electron chi connectivity index (χ2n) is 4.54. The fourth-order valence-corrected chi connectivity index (χ4v) is 2.02. The second kappa shape index (κ2) is 7.13. The van der Waals surface area contributed by atoms with E-state index in [1.807, 2.05) is 0 Å². The SMILES string of the molecule is CCN1CCOC(CNC(=O)c2ccc(NN)nn2)C1. The number of ether oxygens (including phenoxy) is 1. The molecule has 2 heterocycles. The molecule has 1 saturated heterocycles. The van der Waals surface area contributed by atoms with Crippen LogP contribution in [0.15, 0.2) is 12.1 Å². The van der Waals surface area contributed by atoms with E-state index in [1.54, 1.807) is 12.1 Å². The first-order chi connectivity index (χ1) is 9.72. The van der Waals surface area contributed by atoms with Crippen LogP contribution in [-0.4, -0.2) is 59.9 Å². The van der Waals surface area contributed by atoms with Crippen LogP contribution in [0.5, 0.6) is 0 Å². The Morgan fingerprint density at radius 1 is 1.55 bits per heavy atom. The van der Waals surface area contributed by atoms with Crippen LogP contribution in [0.1, 0.15) is 17.4 Å². The van der Waals surface area contributed by atoms with Crippen LogP contribution in [0.2, 0.25) is 0 Å². The number of likely N-dealkylation sites (N-methyl/N-ethyl adjacent to an activating group) is 1. The lowest BCUT2D eigenvalue weighted by Gasteiger charge is -2.32. The molecule has 8 heteroatoms. The number of carbonyl (C=O) groups is 1. The Morgan fingerprint density at radius 2 is 2.40 bits per heavy atom. The number of aromatic nitrogens is 2. The molecular weight excluding hydrogens is 260 g/mol. The molecule has 1 fully saturated rings. The number of hydrogen-bond donors (Lipinski definition) is 3. The lowest BCUT2D eigenvalue weighted by Crippen LogP contribution is -2.47. The molecule has 1 aliphatic heterocycles. The summed E-state index contributed by atoms with van der Waals surface area (Å²) in [6.07, 6.45) is 0.0191. The van der Waals surface area contributed by atoms with Crippen molar-refractivity contribution in [2.45, 2.75) is 13.0 Å². The van der Waals surface area contributed by atoms with Crippen molar-refractivity contribution in [3.63, 3.8) is 0 Å². The fraction of sp³-hybridized carbons (Fsp3) is 0.583. The first-order valence-corrected chi connectivity index (χ1v) is 6.65. The van der Waals surface area contributed by atoms with Gasteiger partial charge in [-0.3, -0.25) is 9.69 Å². The van der Waals surface area contributed by atoms with E-state index in [1.165, 1.54) is 0 Å². The molecule has 20 heavy (non-hydrogen) atoms. The van der Waals surface area contributed by atoms with Crippen LogP contribution in [0.4, 0.5) is 5.82 Å². The average Bonchev–Trinajstić information content (AvgIpc) is 2.53. The van der Waals surface area contributed by atoms with Crippen molar-refractivity contribution in [3.05, 3.63) is 17.8 Å². The van der Waals surface area contributed by atoms with E-state index in [2.05, 4.69) is 32.8 Å². The molecule has 1 aliphatic rings. The second-order valence-corrected chi connectivity index (χ2v) is 4.54. The summed E-state index contributed by atoms with van der Waals surface area (Å²) in [4.78, 5) is 14.2. The van der Waals surface area contributed by atoms with Gasteiger partial charge >= 0.3 is 0 Å². The molecule has 0 radical (unpaired) electrons. The van der Waals surface area contributed by atoms with Gasteiger partial charge in [-0.15, -0.1) is 10.2 Å². The molecule has 0 aliphatic carbocycles. The van der Waals surface area contributed by atoms with Gasteiger partial charge in [-0.05, 0) is 18.7 Å². The fourth-order valence-electron chi connectivity index (χ4n) is 2.02. The zero-order valence-corrected chi connectivity index (χ0v) is 11.5. The quantitative estimate of drug-likeness (QED) is 0.479. The van der Waals surface area contributed by atoms with Crippen molar-refractivity contribution >= 4 is 11.7 Å². The van der Waals surface area contributed by atoms with Gasteiger partial charge in [-0.1, -0.05) is 6.92 Å². The Kier molecular flexibility index (Phi) is 5.22. The number of rotatable bonds is 5. The number of nitrogen functional groups attached to an aromatic ring is 1. The van der Waals surface area contributed by atoms with Crippen molar-refractivity contribution in [1.29, 1.82) is 0 Å². The summed E-state index contributed by atoms with van der Waals surface area (Å²) in [7, 11) is 0. The highest BCUT2D eigenvalue weighted by atomic mass is 16.5. The molecule has 0 saturated carbocycles. The predicted molar refractivity (Wildman–Crippen MR) is 74.0 cm³/mol. The van der Waals surface area contributed by atoms with Crippen LogP contribution < -0.4 is 16.6 Å². The zero-order valence-electron chi connectivity index (χ0n) is 11.5. The summed E-state index contributed by atoms with van der Waals surface area (Å²) in [5.41, 5.74) is 2.61. The summed E-state index contributed by atoms with van der Waals surface area (Å²) in [6, 6.07) is 3.16. The molecule has 1 aromatic heterocycles. The summed E-state index contributed by atoms with van der Waals surface area (Å²) in [6.45, 7) is 6.05. The van der Waals surface area contributed by atoms with Crippen LogP contribution in [-0.2, 0) is 4.74 Å². The third-order valence-electron chi connectivity index (χ3n) is 3.21. The Bertz CT molecular complexity index is 438. The molecule has 0 spiro atoms. The number of amides is 1. The molecular formula is C12H20N6O2. The Labute approximate surface area is 117 Å². The number of nitrogens with zero attached hydrogens (tertiary/aromatic N) is 3. The van der Waals surface area contributed by atoms with E-state index in [0.29, 0.717) is 19.0 Å². The average molecular weight is 280 g/mol. The molecule has 0 aromatic carbocycles. The Morgan fingerprint density at radius 3 is 3.05 bits per heavy atom.